The molecule has 0 aliphatic rings. The first-order valence-corrected chi connectivity index (χ1v) is 10.4. The van der Waals surface area contributed by atoms with Crippen LogP contribution in [0.15, 0.2) is 48.5 Å². The molecular weight excluding hydrogens is 439 g/mol. The first kappa shape index (κ1) is 25.9. The highest BCUT2D eigenvalue weighted by atomic mass is 19.4. The summed E-state index contributed by atoms with van der Waals surface area (Å²) in [6, 6.07) is 11.3. The molecule has 0 saturated carbocycles. The van der Waals surface area contributed by atoms with Crippen LogP contribution < -0.4 is 5.32 Å². The molecule has 2 aromatic carbocycles. The lowest BCUT2D eigenvalue weighted by Gasteiger charge is -2.18. The minimum Gasteiger partial charge on any atom is -0.469 e. The van der Waals surface area contributed by atoms with E-state index in [1.807, 2.05) is 0 Å². The van der Waals surface area contributed by atoms with Crippen LogP contribution in [0.2, 0.25) is 0 Å². The molecular formula is C24H26F3NO5. The zero-order valence-corrected chi connectivity index (χ0v) is 18.4. The molecule has 0 spiro atoms. The molecule has 0 saturated heterocycles. The van der Waals surface area contributed by atoms with Gasteiger partial charge < -0.3 is 14.8 Å². The molecule has 1 amide bonds. The van der Waals surface area contributed by atoms with Crippen molar-refractivity contribution in [1.29, 1.82) is 0 Å². The van der Waals surface area contributed by atoms with Gasteiger partial charge in [0.05, 0.1) is 32.1 Å². The number of hydrogen-bond donors (Lipinski definition) is 1. The summed E-state index contributed by atoms with van der Waals surface area (Å²) < 4.78 is 48.4. The van der Waals surface area contributed by atoms with E-state index in [4.69, 9.17) is 4.74 Å². The molecule has 178 valence electrons. The molecule has 0 heterocycles. The van der Waals surface area contributed by atoms with Gasteiger partial charge in [-0.2, -0.15) is 13.2 Å². The number of alkyl halides is 3. The number of hydrogen-bond acceptors (Lipinski definition) is 5. The summed E-state index contributed by atoms with van der Waals surface area (Å²) in [6.45, 7) is 1.88. The quantitative estimate of drug-likeness (QED) is 0.529. The highest BCUT2D eigenvalue weighted by Crippen LogP contribution is 2.32. The molecule has 6 nitrogen and oxygen atoms in total. The lowest BCUT2D eigenvalue weighted by Crippen LogP contribution is -2.38. The van der Waals surface area contributed by atoms with Crippen LogP contribution in [0.3, 0.4) is 0 Å². The summed E-state index contributed by atoms with van der Waals surface area (Å²) in [5.74, 6) is -1.40. The van der Waals surface area contributed by atoms with Crippen molar-refractivity contribution >= 4 is 17.8 Å². The number of methoxy groups -OCH3 is 1. The van der Waals surface area contributed by atoms with E-state index in [1.165, 1.54) is 13.2 Å². The van der Waals surface area contributed by atoms with Crippen molar-refractivity contribution in [2.24, 2.45) is 0 Å². The number of amides is 1. The smallest absolute Gasteiger partial charge is 0.416 e. The molecule has 2 rings (SSSR count). The molecule has 1 atom stereocenters. The van der Waals surface area contributed by atoms with Crippen LogP contribution in [0.5, 0.6) is 0 Å². The first-order chi connectivity index (χ1) is 15.6. The topological polar surface area (TPSA) is 81.7 Å². The van der Waals surface area contributed by atoms with E-state index in [1.54, 1.807) is 37.3 Å². The second-order valence-electron chi connectivity index (χ2n) is 7.33. The number of esters is 2. The van der Waals surface area contributed by atoms with Gasteiger partial charge in [0.1, 0.15) is 0 Å². The van der Waals surface area contributed by atoms with Gasteiger partial charge in [-0.1, -0.05) is 36.4 Å². The fourth-order valence-corrected chi connectivity index (χ4v) is 3.21. The third kappa shape index (κ3) is 8.59. The number of ether oxygens (including phenoxy) is 2. The van der Waals surface area contributed by atoms with Gasteiger partial charge in [0, 0.05) is 12.5 Å². The maximum absolute atomic E-state index is 13.0. The van der Waals surface area contributed by atoms with Crippen LogP contribution in [0, 0.1) is 0 Å². The second-order valence-corrected chi connectivity index (χ2v) is 7.33. The van der Waals surface area contributed by atoms with Crippen LogP contribution in [0.4, 0.5) is 13.2 Å². The van der Waals surface area contributed by atoms with Gasteiger partial charge in [-0.05, 0) is 42.2 Å². The SMILES string of the molecule is CCOC(=O)C[C@@H](Cc1ccc(-c2cccc(C(F)(F)F)c2)cc1)NC(=O)CCC(=O)OC. The molecule has 0 radical (unpaired) electrons. The van der Waals surface area contributed by atoms with Crippen molar-refractivity contribution in [3.8, 4) is 11.1 Å². The van der Waals surface area contributed by atoms with E-state index in [0.29, 0.717) is 17.5 Å². The Balaban J connectivity index is 2.11. The van der Waals surface area contributed by atoms with Gasteiger partial charge in [0.15, 0.2) is 0 Å². The Kier molecular flexibility index (Phi) is 9.44. The minimum atomic E-state index is -4.43. The molecule has 33 heavy (non-hydrogen) atoms. The summed E-state index contributed by atoms with van der Waals surface area (Å²) in [7, 11) is 1.23. The van der Waals surface area contributed by atoms with Crippen LogP contribution in [-0.2, 0) is 36.5 Å². The minimum absolute atomic E-state index is 0.0623. The van der Waals surface area contributed by atoms with Crippen molar-refractivity contribution in [2.45, 2.75) is 44.8 Å². The molecule has 2 aromatic rings. The molecule has 1 N–H and O–H groups in total. The lowest BCUT2D eigenvalue weighted by atomic mass is 9.98. The van der Waals surface area contributed by atoms with Gasteiger partial charge in [-0.15, -0.1) is 0 Å². The van der Waals surface area contributed by atoms with Crippen LogP contribution in [-0.4, -0.2) is 37.6 Å². The zero-order chi connectivity index (χ0) is 24.4. The summed E-state index contributed by atoms with van der Waals surface area (Å²) in [4.78, 5) is 35.4. The van der Waals surface area contributed by atoms with Crippen molar-refractivity contribution < 1.29 is 37.0 Å². The highest BCUT2D eigenvalue weighted by molar-refractivity contribution is 5.82. The Labute approximate surface area is 190 Å². The number of benzene rings is 2. The number of carbonyl (C=O) groups is 3. The van der Waals surface area contributed by atoms with E-state index in [-0.39, 0.29) is 25.9 Å². The third-order valence-electron chi connectivity index (χ3n) is 4.83. The standard InChI is InChI=1S/C24H26F3NO5/c1-3-33-23(31)15-20(28-21(29)11-12-22(30)32-2)13-16-7-9-17(10-8-16)18-5-4-6-19(14-18)24(25,26)27/h4-10,14,20H,3,11-13,15H2,1-2H3,(H,28,29)/t20-/m1/s1. The maximum Gasteiger partial charge on any atom is 0.416 e. The van der Waals surface area contributed by atoms with Gasteiger partial charge in [0.25, 0.3) is 0 Å². The Bertz CT molecular complexity index is 957. The second kappa shape index (κ2) is 12.0. The lowest BCUT2D eigenvalue weighted by molar-refractivity contribution is -0.144. The van der Waals surface area contributed by atoms with E-state index in [9.17, 15) is 27.6 Å². The third-order valence-corrected chi connectivity index (χ3v) is 4.83. The first-order valence-electron chi connectivity index (χ1n) is 10.4. The average Bonchev–Trinajstić information content (AvgIpc) is 2.77. The van der Waals surface area contributed by atoms with E-state index >= 15 is 0 Å². The largest absolute Gasteiger partial charge is 0.469 e. The van der Waals surface area contributed by atoms with Crippen molar-refractivity contribution in [2.75, 3.05) is 13.7 Å². The van der Waals surface area contributed by atoms with Crippen molar-refractivity contribution in [3.63, 3.8) is 0 Å². The Hall–Kier alpha value is -3.36. The molecule has 0 aliphatic carbocycles. The number of halogens is 3. The summed E-state index contributed by atoms with van der Waals surface area (Å²) in [5, 5.41) is 2.73. The molecule has 0 fully saturated rings. The fraction of sp³-hybridized carbons (Fsp3) is 0.375. The Morgan fingerprint density at radius 3 is 2.27 bits per heavy atom. The van der Waals surface area contributed by atoms with E-state index in [0.717, 1.165) is 17.7 Å². The van der Waals surface area contributed by atoms with E-state index < -0.39 is 35.6 Å². The maximum atomic E-state index is 13.0. The predicted molar refractivity (Wildman–Crippen MR) is 115 cm³/mol. The molecule has 0 aromatic heterocycles. The van der Waals surface area contributed by atoms with Crippen LogP contribution in [0.25, 0.3) is 11.1 Å². The number of rotatable bonds is 10. The average molecular weight is 465 g/mol. The molecule has 0 aliphatic heterocycles. The van der Waals surface area contributed by atoms with Crippen molar-refractivity contribution in [3.05, 3.63) is 59.7 Å². The van der Waals surface area contributed by atoms with Crippen LogP contribution in [0.1, 0.15) is 37.3 Å². The zero-order valence-electron chi connectivity index (χ0n) is 18.4. The summed E-state index contributed by atoms with van der Waals surface area (Å²) >= 11 is 0. The predicted octanol–water partition coefficient (Wildman–Crippen LogP) is 4.31. The number of nitrogens with one attached hydrogen (secondary N) is 1. The Morgan fingerprint density at radius 1 is 0.970 bits per heavy atom. The van der Waals surface area contributed by atoms with Gasteiger partial charge in [0.2, 0.25) is 5.91 Å². The van der Waals surface area contributed by atoms with Gasteiger partial charge in [-0.3, -0.25) is 14.4 Å². The van der Waals surface area contributed by atoms with Crippen molar-refractivity contribution in [1.82, 2.24) is 5.32 Å². The van der Waals surface area contributed by atoms with Crippen LogP contribution >= 0.6 is 0 Å². The fourth-order valence-electron chi connectivity index (χ4n) is 3.21. The normalized spacial score (nSPS) is 12.0. The molecule has 9 heteroatoms. The molecule has 0 bridgehead atoms. The molecule has 0 unspecified atom stereocenters. The van der Waals surface area contributed by atoms with E-state index in [2.05, 4.69) is 10.1 Å². The number of carbonyl (C=O) groups excluding carboxylic acids is 3. The monoisotopic (exact) mass is 465 g/mol. The highest BCUT2D eigenvalue weighted by Gasteiger charge is 2.30. The summed E-state index contributed by atoms with van der Waals surface area (Å²) in [5.41, 5.74) is 1.08. The Morgan fingerprint density at radius 2 is 1.67 bits per heavy atom. The van der Waals surface area contributed by atoms with Gasteiger partial charge >= 0.3 is 18.1 Å². The summed E-state index contributed by atoms with van der Waals surface area (Å²) in [6.07, 6.45) is -4.36. The van der Waals surface area contributed by atoms with Gasteiger partial charge in [-0.25, -0.2) is 0 Å².